The van der Waals surface area contributed by atoms with E-state index < -0.39 is 17.6 Å². The van der Waals surface area contributed by atoms with Crippen molar-refractivity contribution in [1.82, 2.24) is 0 Å². The lowest BCUT2D eigenvalue weighted by Gasteiger charge is -2.18. The number of rotatable bonds is 4. The zero-order valence-electron chi connectivity index (χ0n) is 5.17. The summed E-state index contributed by atoms with van der Waals surface area (Å²) in [4.78, 5) is 0. The number of alkyl halides is 3. The van der Waals surface area contributed by atoms with Gasteiger partial charge in [0.05, 0.1) is 17.6 Å². The summed E-state index contributed by atoms with van der Waals surface area (Å²) >= 11 is 13.9. The van der Waals surface area contributed by atoms with Crippen LogP contribution in [-0.2, 0) is 0 Å². The molecule has 0 rings (SSSR count). The fourth-order valence-electron chi connectivity index (χ4n) is 0.427. The van der Waals surface area contributed by atoms with Gasteiger partial charge in [0.15, 0.2) is 0 Å². The van der Waals surface area contributed by atoms with Crippen molar-refractivity contribution in [3.63, 3.8) is 0 Å². The molecule has 0 amide bonds. The minimum atomic E-state index is -0.851. The third-order valence-electron chi connectivity index (χ3n) is 1.05. The molecule has 0 bridgehead atoms. The molecule has 0 heterocycles. The molecule has 3 atom stereocenters. The Morgan fingerprint density at radius 2 is 1.80 bits per heavy atom. The van der Waals surface area contributed by atoms with Crippen molar-refractivity contribution in [2.24, 2.45) is 0 Å². The van der Waals surface area contributed by atoms with E-state index in [9.17, 15) is 0 Å². The van der Waals surface area contributed by atoms with Gasteiger partial charge in [-0.25, -0.2) is 0 Å². The summed E-state index contributed by atoms with van der Waals surface area (Å²) in [6, 6.07) is 0. The van der Waals surface area contributed by atoms with Gasteiger partial charge in [-0.15, -0.1) is 23.2 Å². The van der Waals surface area contributed by atoms with Gasteiger partial charge < -0.3 is 10.2 Å². The van der Waals surface area contributed by atoms with Crippen LogP contribution in [0.5, 0.6) is 0 Å². The first kappa shape index (κ1) is 11.0. The van der Waals surface area contributed by atoms with Gasteiger partial charge in [0.1, 0.15) is 0 Å². The zero-order valence-corrected chi connectivity index (χ0v) is 8.27. The highest BCUT2D eigenvalue weighted by Gasteiger charge is 2.22. The van der Waals surface area contributed by atoms with E-state index in [0.717, 1.165) is 0 Å². The second kappa shape index (κ2) is 5.61. The first-order valence-corrected chi connectivity index (χ1v) is 4.84. The third kappa shape index (κ3) is 3.39. The lowest BCUT2D eigenvalue weighted by atomic mass is 10.2. The number of halogens is 3. The van der Waals surface area contributed by atoms with Crippen molar-refractivity contribution in [2.45, 2.75) is 17.6 Å². The molecule has 0 aromatic carbocycles. The summed E-state index contributed by atoms with van der Waals surface area (Å²) < 4.78 is 0. The van der Waals surface area contributed by atoms with E-state index in [1.165, 1.54) is 0 Å². The molecule has 0 saturated carbocycles. The molecule has 0 aromatic rings. The van der Waals surface area contributed by atoms with Gasteiger partial charge in [-0.3, -0.25) is 0 Å². The fraction of sp³-hybridized carbons (Fsp3) is 1.00. The monoisotopic (exact) mass is 250 g/mol. The maximum absolute atomic E-state index is 9.03. The van der Waals surface area contributed by atoms with E-state index in [1.54, 1.807) is 0 Å². The Morgan fingerprint density at radius 1 is 1.30 bits per heavy atom. The van der Waals surface area contributed by atoms with Crippen molar-refractivity contribution in [1.29, 1.82) is 0 Å². The van der Waals surface area contributed by atoms with Crippen molar-refractivity contribution in [2.75, 3.05) is 11.2 Å². The van der Waals surface area contributed by atoms with Crippen LogP contribution in [0.25, 0.3) is 0 Å². The second-order valence-electron chi connectivity index (χ2n) is 1.89. The Morgan fingerprint density at radius 3 is 2.10 bits per heavy atom. The van der Waals surface area contributed by atoms with Crippen LogP contribution in [0.1, 0.15) is 0 Å². The van der Waals surface area contributed by atoms with Crippen LogP contribution in [0.2, 0.25) is 0 Å². The van der Waals surface area contributed by atoms with Crippen LogP contribution in [0.4, 0.5) is 0 Å². The van der Waals surface area contributed by atoms with E-state index in [4.69, 9.17) is 33.4 Å². The normalized spacial score (nSPS) is 20.1. The fourth-order valence-corrected chi connectivity index (χ4v) is 1.51. The number of hydrogen-bond acceptors (Lipinski definition) is 2. The van der Waals surface area contributed by atoms with Gasteiger partial charge in [-0.05, 0) is 0 Å². The van der Waals surface area contributed by atoms with Gasteiger partial charge >= 0.3 is 0 Å². The highest BCUT2D eigenvalue weighted by Crippen LogP contribution is 2.11. The first-order chi connectivity index (χ1) is 4.63. The molecule has 2 N–H and O–H groups in total. The molecule has 0 spiro atoms. The summed E-state index contributed by atoms with van der Waals surface area (Å²) in [5.41, 5.74) is 0. The van der Waals surface area contributed by atoms with Crippen LogP contribution in [0.3, 0.4) is 0 Å². The van der Waals surface area contributed by atoms with Gasteiger partial charge in [-0.2, -0.15) is 0 Å². The van der Waals surface area contributed by atoms with Crippen molar-refractivity contribution >= 4 is 39.1 Å². The van der Waals surface area contributed by atoms with Crippen LogP contribution < -0.4 is 0 Å². The molecule has 10 heavy (non-hydrogen) atoms. The topological polar surface area (TPSA) is 40.5 Å². The molecule has 5 heteroatoms. The summed E-state index contributed by atoms with van der Waals surface area (Å²) in [5, 5.41) is 17.7. The SMILES string of the molecule is OC(CCl)C(Cl)C(O)CBr. The predicted octanol–water partition coefficient (Wildman–Crippen LogP) is 0.949. The standard InChI is InChI=1S/C5H9BrCl2O2/c6-1-3(9)5(8)4(10)2-7/h3-5,9-10H,1-2H2. The van der Waals surface area contributed by atoms with Crippen molar-refractivity contribution in [3.8, 4) is 0 Å². The molecule has 0 radical (unpaired) electrons. The highest BCUT2D eigenvalue weighted by atomic mass is 79.9. The Kier molecular flexibility index (Phi) is 6.16. The number of aliphatic hydroxyl groups is 2. The lowest BCUT2D eigenvalue weighted by Crippen LogP contribution is -2.34. The molecule has 0 aliphatic carbocycles. The Hall–Kier alpha value is 0.980. The highest BCUT2D eigenvalue weighted by molar-refractivity contribution is 9.09. The maximum Gasteiger partial charge on any atom is 0.0873 e. The smallest absolute Gasteiger partial charge is 0.0873 e. The summed E-state index contributed by atoms with van der Waals surface area (Å²) in [6.07, 6.45) is -1.61. The van der Waals surface area contributed by atoms with Crippen molar-refractivity contribution in [3.05, 3.63) is 0 Å². The minimum Gasteiger partial charge on any atom is -0.391 e. The second-order valence-corrected chi connectivity index (χ2v) is 3.35. The summed E-state index contributed by atoms with van der Waals surface area (Å²) in [7, 11) is 0. The third-order valence-corrected chi connectivity index (χ3v) is 2.61. The Balaban J connectivity index is 3.69. The number of hydrogen-bond donors (Lipinski definition) is 2. The molecule has 0 aromatic heterocycles. The molecule has 0 aliphatic rings. The van der Waals surface area contributed by atoms with E-state index >= 15 is 0 Å². The molecule has 0 saturated heterocycles. The van der Waals surface area contributed by atoms with Crippen molar-refractivity contribution < 1.29 is 10.2 Å². The molecule has 0 aliphatic heterocycles. The maximum atomic E-state index is 9.03. The van der Waals surface area contributed by atoms with E-state index in [2.05, 4.69) is 15.9 Å². The molecule has 3 unspecified atom stereocenters. The quantitative estimate of drug-likeness (QED) is 0.731. The van der Waals surface area contributed by atoms with Gasteiger partial charge in [-0.1, -0.05) is 15.9 Å². The van der Waals surface area contributed by atoms with Gasteiger partial charge in [0, 0.05) is 11.2 Å². The van der Waals surface area contributed by atoms with Crippen LogP contribution in [-0.4, -0.2) is 39.0 Å². The molecule has 62 valence electrons. The van der Waals surface area contributed by atoms with Crippen LogP contribution >= 0.6 is 39.1 Å². The molecular formula is C5H9BrCl2O2. The molecular weight excluding hydrogens is 243 g/mol. The molecule has 2 nitrogen and oxygen atoms in total. The predicted molar refractivity (Wildman–Crippen MR) is 46.2 cm³/mol. The Labute approximate surface area is 78.3 Å². The van der Waals surface area contributed by atoms with Crippen LogP contribution in [0.15, 0.2) is 0 Å². The molecule has 0 fully saturated rings. The van der Waals surface area contributed by atoms with E-state index in [0.29, 0.717) is 5.33 Å². The van der Waals surface area contributed by atoms with Gasteiger partial charge in [0.2, 0.25) is 0 Å². The first-order valence-electron chi connectivity index (χ1n) is 2.75. The van der Waals surface area contributed by atoms with E-state index in [1.807, 2.05) is 0 Å². The van der Waals surface area contributed by atoms with E-state index in [-0.39, 0.29) is 5.88 Å². The average molecular weight is 252 g/mol. The van der Waals surface area contributed by atoms with Crippen LogP contribution in [0, 0.1) is 0 Å². The van der Waals surface area contributed by atoms with Gasteiger partial charge in [0.25, 0.3) is 0 Å². The summed E-state index contributed by atoms with van der Waals surface area (Å²) in [5.74, 6) is 0.0399. The lowest BCUT2D eigenvalue weighted by molar-refractivity contribution is 0.112. The largest absolute Gasteiger partial charge is 0.391 e. The number of aliphatic hydroxyl groups excluding tert-OH is 2. The zero-order chi connectivity index (χ0) is 8.15. The minimum absolute atomic E-state index is 0.0399. The average Bonchev–Trinajstić information content (AvgIpc) is 2.00. The summed E-state index contributed by atoms with van der Waals surface area (Å²) in [6.45, 7) is 0. The Bertz CT molecular complexity index is 83.7.